The molecule has 0 radical (unpaired) electrons. The Labute approximate surface area is 103 Å². The summed E-state index contributed by atoms with van der Waals surface area (Å²) in [6, 6.07) is 0.688. The highest BCUT2D eigenvalue weighted by atomic mass is 32.2. The molecule has 0 spiro atoms. The van der Waals surface area contributed by atoms with Gasteiger partial charge in [-0.15, -0.1) is 0 Å². The van der Waals surface area contributed by atoms with Gasteiger partial charge in [0.15, 0.2) is 0 Å². The summed E-state index contributed by atoms with van der Waals surface area (Å²) in [5.74, 6) is -0.754. The number of nitrogens with one attached hydrogen (secondary N) is 1. The topological polar surface area (TPSA) is 84.2 Å². The molecule has 1 heterocycles. The van der Waals surface area contributed by atoms with Crippen molar-refractivity contribution in [3.8, 4) is 0 Å². The second kappa shape index (κ2) is 6.29. The van der Waals surface area contributed by atoms with E-state index < -0.39 is 17.9 Å². The van der Waals surface area contributed by atoms with Crippen LogP contribution in [0.4, 0.5) is 0 Å². The fourth-order valence-corrected chi connectivity index (χ4v) is 1.79. The van der Waals surface area contributed by atoms with Gasteiger partial charge in [0.25, 0.3) is 5.91 Å². The molecule has 7 heteroatoms. The summed E-state index contributed by atoms with van der Waals surface area (Å²) in [4.78, 5) is 22.7. The number of thioether (sulfide) groups is 1. The number of rotatable bonds is 6. The van der Waals surface area contributed by atoms with E-state index >= 15 is 0 Å². The van der Waals surface area contributed by atoms with Gasteiger partial charge in [0.2, 0.25) is 0 Å². The molecule has 1 aromatic rings. The van der Waals surface area contributed by atoms with Gasteiger partial charge >= 0.3 is 5.97 Å². The van der Waals surface area contributed by atoms with Crippen LogP contribution in [0.15, 0.2) is 12.3 Å². The Morgan fingerprint density at radius 3 is 2.82 bits per heavy atom. The number of carbonyl (C=O) groups excluding carboxylic acids is 1. The lowest BCUT2D eigenvalue weighted by Gasteiger charge is -2.13. The zero-order valence-corrected chi connectivity index (χ0v) is 10.5. The lowest BCUT2D eigenvalue weighted by Crippen LogP contribution is -2.41. The molecule has 1 aromatic heterocycles. The SMILES string of the molecule is CSCC[C@@H](NC(=O)c1ccnn1C)C(=O)O. The van der Waals surface area contributed by atoms with Gasteiger partial charge < -0.3 is 10.4 Å². The van der Waals surface area contributed by atoms with Crippen molar-refractivity contribution in [1.82, 2.24) is 15.1 Å². The third-order valence-corrected chi connectivity index (χ3v) is 2.91. The molecule has 0 aromatic carbocycles. The van der Waals surface area contributed by atoms with E-state index in [1.807, 2.05) is 6.26 Å². The molecule has 0 saturated carbocycles. The first-order valence-electron chi connectivity index (χ1n) is 5.07. The van der Waals surface area contributed by atoms with E-state index in [-0.39, 0.29) is 0 Å². The summed E-state index contributed by atoms with van der Waals surface area (Å²) in [5, 5.41) is 15.3. The number of aryl methyl sites for hydroxylation is 1. The van der Waals surface area contributed by atoms with Crippen LogP contribution in [0.5, 0.6) is 0 Å². The van der Waals surface area contributed by atoms with E-state index in [4.69, 9.17) is 5.11 Å². The number of carboxylic acids is 1. The fourth-order valence-electron chi connectivity index (χ4n) is 1.32. The minimum absolute atomic E-state index is 0.348. The molecule has 1 amide bonds. The molecule has 0 aliphatic rings. The largest absolute Gasteiger partial charge is 0.480 e. The Morgan fingerprint density at radius 1 is 1.65 bits per heavy atom. The Morgan fingerprint density at radius 2 is 2.35 bits per heavy atom. The monoisotopic (exact) mass is 257 g/mol. The van der Waals surface area contributed by atoms with Crippen LogP contribution in [-0.4, -0.2) is 44.8 Å². The Balaban J connectivity index is 2.64. The van der Waals surface area contributed by atoms with Crippen molar-refractivity contribution in [3.63, 3.8) is 0 Å². The number of hydrogen-bond donors (Lipinski definition) is 2. The number of carboxylic acid groups (broad SMARTS) is 1. The lowest BCUT2D eigenvalue weighted by molar-refractivity contribution is -0.139. The van der Waals surface area contributed by atoms with Crippen LogP contribution in [0.1, 0.15) is 16.9 Å². The molecule has 0 fully saturated rings. The molecule has 1 atom stereocenters. The molecular formula is C10H15N3O3S. The van der Waals surface area contributed by atoms with Gasteiger partial charge in [-0.25, -0.2) is 4.79 Å². The summed E-state index contributed by atoms with van der Waals surface area (Å²) in [6.45, 7) is 0. The second-order valence-corrected chi connectivity index (χ2v) is 4.47. The fraction of sp³-hybridized carbons (Fsp3) is 0.500. The molecule has 0 aliphatic carbocycles. The van der Waals surface area contributed by atoms with E-state index in [1.165, 1.54) is 10.9 Å². The van der Waals surface area contributed by atoms with E-state index in [0.717, 1.165) is 0 Å². The standard InChI is InChI=1S/C10H15N3O3S/c1-13-8(3-5-11-13)9(14)12-7(10(15)16)4-6-17-2/h3,5,7H,4,6H2,1-2H3,(H,12,14)(H,15,16)/t7-/m1/s1. The summed E-state index contributed by atoms with van der Waals surface area (Å²) in [7, 11) is 1.63. The molecule has 2 N–H and O–H groups in total. The van der Waals surface area contributed by atoms with Crippen molar-refractivity contribution in [2.45, 2.75) is 12.5 Å². The number of carbonyl (C=O) groups is 2. The van der Waals surface area contributed by atoms with Gasteiger partial charge in [0, 0.05) is 13.2 Å². The van der Waals surface area contributed by atoms with Crippen molar-refractivity contribution in [2.75, 3.05) is 12.0 Å². The highest BCUT2D eigenvalue weighted by Crippen LogP contribution is 2.03. The van der Waals surface area contributed by atoms with E-state index in [0.29, 0.717) is 17.9 Å². The molecule has 17 heavy (non-hydrogen) atoms. The normalized spacial score (nSPS) is 12.1. The van der Waals surface area contributed by atoms with Gasteiger partial charge in [-0.1, -0.05) is 0 Å². The Bertz CT molecular complexity index is 405. The quantitative estimate of drug-likeness (QED) is 0.768. The van der Waals surface area contributed by atoms with E-state index in [9.17, 15) is 9.59 Å². The van der Waals surface area contributed by atoms with Crippen LogP contribution in [0.25, 0.3) is 0 Å². The minimum Gasteiger partial charge on any atom is -0.480 e. The minimum atomic E-state index is -1.02. The number of nitrogens with zero attached hydrogens (tertiary/aromatic N) is 2. The Kier molecular flexibility index (Phi) is 5.02. The van der Waals surface area contributed by atoms with E-state index in [1.54, 1.807) is 24.9 Å². The van der Waals surface area contributed by atoms with Gasteiger partial charge in [-0.3, -0.25) is 9.48 Å². The maximum atomic E-state index is 11.8. The van der Waals surface area contributed by atoms with Crippen molar-refractivity contribution < 1.29 is 14.7 Å². The number of aromatic nitrogens is 2. The van der Waals surface area contributed by atoms with Crippen molar-refractivity contribution in [3.05, 3.63) is 18.0 Å². The number of amides is 1. The Hall–Kier alpha value is -1.50. The molecule has 0 unspecified atom stereocenters. The molecule has 0 bridgehead atoms. The van der Waals surface area contributed by atoms with Crippen LogP contribution >= 0.6 is 11.8 Å². The molecular weight excluding hydrogens is 242 g/mol. The molecule has 0 aliphatic heterocycles. The van der Waals surface area contributed by atoms with E-state index in [2.05, 4.69) is 10.4 Å². The smallest absolute Gasteiger partial charge is 0.326 e. The summed E-state index contributed by atoms with van der Waals surface area (Å²) >= 11 is 1.54. The predicted molar refractivity (Wildman–Crippen MR) is 65.1 cm³/mol. The first-order chi connectivity index (χ1) is 8.06. The van der Waals surface area contributed by atoms with Gasteiger partial charge in [-0.05, 0) is 24.5 Å². The van der Waals surface area contributed by atoms with Gasteiger partial charge in [0.1, 0.15) is 11.7 Å². The highest BCUT2D eigenvalue weighted by Gasteiger charge is 2.21. The number of aliphatic carboxylic acids is 1. The van der Waals surface area contributed by atoms with Gasteiger partial charge in [-0.2, -0.15) is 16.9 Å². The van der Waals surface area contributed by atoms with Crippen LogP contribution in [-0.2, 0) is 11.8 Å². The van der Waals surface area contributed by atoms with Crippen LogP contribution in [0, 0.1) is 0 Å². The molecule has 94 valence electrons. The summed E-state index contributed by atoms with van der Waals surface area (Å²) in [5.41, 5.74) is 0.348. The van der Waals surface area contributed by atoms with Crippen molar-refractivity contribution in [1.29, 1.82) is 0 Å². The molecule has 1 rings (SSSR count). The number of hydrogen-bond acceptors (Lipinski definition) is 4. The van der Waals surface area contributed by atoms with Crippen LogP contribution in [0.3, 0.4) is 0 Å². The average Bonchev–Trinajstić information content (AvgIpc) is 2.70. The van der Waals surface area contributed by atoms with Crippen LogP contribution in [0.2, 0.25) is 0 Å². The zero-order chi connectivity index (χ0) is 12.8. The van der Waals surface area contributed by atoms with Gasteiger partial charge in [0.05, 0.1) is 0 Å². The third kappa shape index (κ3) is 3.77. The maximum Gasteiger partial charge on any atom is 0.326 e. The van der Waals surface area contributed by atoms with Crippen molar-refractivity contribution >= 4 is 23.6 Å². The summed E-state index contributed by atoms with van der Waals surface area (Å²) in [6.07, 6.45) is 3.79. The first-order valence-corrected chi connectivity index (χ1v) is 6.46. The summed E-state index contributed by atoms with van der Waals surface area (Å²) < 4.78 is 1.41. The third-order valence-electron chi connectivity index (χ3n) is 2.27. The van der Waals surface area contributed by atoms with Crippen molar-refractivity contribution in [2.24, 2.45) is 7.05 Å². The van der Waals surface area contributed by atoms with Crippen LogP contribution < -0.4 is 5.32 Å². The highest BCUT2D eigenvalue weighted by molar-refractivity contribution is 7.98. The molecule has 0 saturated heterocycles. The maximum absolute atomic E-state index is 11.8. The lowest BCUT2D eigenvalue weighted by atomic mass is 10.2. The average molecular weight is 257 g/mol. The predicted octanol–water partition coefficient (Wildman–Crippen LogP) is 0.356. The zero-order valence-electron chi connectivity index (χ0n) is 9.71. The molecule has 6 nitrogen and oxygen atoms in total. The second-order valence-electron chi connectivity index (χ2n) is 3.49. The first kappa shape index (κ1) is 13.6.